The minimum Gasteiger partial charge on any atom is -0.330 e. The topological polar surface area (TPSA) is 90.7 Å². The summed E-state index contributed by atoms with van der Waals surface area (Å²) in [6, 6.07) is 17.1. The maximum Gasteiger partial charge on any atom is 0.234 e. The Kier molecular flexibility index (Phi) is 6.41. The van der Waals surface area contributed by atoms with Crippen LogP contribution in [0.5, 0.6) is 0 Å². The molecule has 0 bridgehead atoms. The van der Waals surface area contributed by atoms with E-state index in [-0.39, 0.29) is 11.7 Å². The lowest BCUT2D eigenvalue weighted by Crippen LogP contribution is -2.14. The van der Waals surface area contributed by atoms with E-state index in [1.54, 1.807) is 24.3 Å². The van der Waals surface area contributed by atoms with Crippen LogP contribution in [0.1, 0.15) is 18.1 Å². The van der Waals surface area contributed by atoms with Crippen LogP contribution in [-0.2, 0) is 11.2 Å². The number of aromatic nitrogens is 2. The molecule has 2 N–H and O–H groups in total. The van der Waals surface area contributed by atoms with Gasteiger partial charge in [0.15, 0.2) is 4.34 Å². The number of carbonyl (C=O) groups excluding carboxylic acids is 1. The molecule has 27 heavy (non-hydrogen) atoms. The van der Waals surface area contributed by atoms with Gasteiger partial charge in [-0.3, -0.25) is 4.79 Å². The molecule has 0 radical (unpaired) electrons. The standard InChI is InChI=1S/C19H17N5OS2/c1-2-13-7-9-15(10-8-13)21-18-23-24-19(27-18)26-12-17(25)22-16-6-4-3-5-14(16)11-20/h3-10H,2,12H2,1H3,(H,21,23)(H,22,25). The molecule has 0 aliphatic rings. The molecule has 1 heterocycles. The Morgan fingerprint density at radius 3 is 2.70 bits per heavy atom. The molecule has 2 aromatic carbocycles. The predicted octanol–water partition coefficient (Wildman–Crippen LogP) is 4.45. The second kappa shape index (κ2) is 9.16. The summed E-state index contributed by atoms with van der Waals surface area (Å²) >= 11 is 2.70. The molecule has 3 rings (SSSR count). The van der Waals surface area contributed by atoms with Crippen molar-refractivity contribution in [2.75, 3.05) is 16.4 Å². The van der Waals surface area contributed by atoms with Crippen LogP contribution < -0.4 is 10.6 Å². The molecule has 0 unspecified atom stereocenters. The lowest BCUT2D eigenvalue weighted by Gasteiger charge is -2.05. The highest BCUT2D eigenvalue weighted by Gasteiger charge is 2.10. The number of hydrogen-bond donors (Lipinski definition) is 2. The number of anilines is 3. The van der Waals surface area contributed by atoms with E-state index in [1.807, 2.05) is 12.1 Å². The summed E-state index contributed by atoms with van der Waals surface area (Å²) in [5.41, 5.74) is 3.18. The smallest absolute Gasteiger partial charge is 0.234 e. The molecule has 0 saturated heterocycles. The first-order valence-corrected chi connectivity index (χ1v) is 10.1. The predicted molar refractivity (Wildman–Crippen MR) is 110 cm³/mol. The van der Waals surface area contributed by atoms with E-state index in [9.17, 15) is 4.79 Å². The summed E-state index contributed by atoms with van der Waals surface area (Å²) in [5.74, 6) is 0.00197. The Morgan fingerprint density at radius 1 is 1.19 bits per heavy atom. The number of nitriles is 1. The number of thioether (sulfide) groups is 1. The molecular weight excluding hydrogens is 378 g/mol. The molecule has 1 aromatic heterocycles. The summed E-state index contributed by atoms with van der Waals surface area (Å²) in [5, 5.41) is 23.9. The number of amides is 1. The number of carbonyl (C=O) groups is 1. The zero-order chi connectivity index (χ0) is 19.1. The highest BCUT2D eigenvalue weighted by molar-refractivity contribution is 8.01. The largest absolute Gasteiger partial charge is 0.330 e. The van der Waals surface area contributed by atoms with E-state index >= 15 is 0 Å². The van der Waals surface area contributed by atoms with E-state index in [4.69, 9.17) is 5.26 Å². The molecule has 0 saturated carbocycles. The van der Waals surface area contributed by atoms with Crippen molar-refractivity contribution in [1.82, 2.24) is 10.2 Å². The van der Waals surface area contributed by atoms with Crippen molar-refractivity contribution in [2.45, 2.75) is 17.7 Å². The van der Waals surface area contributed by atoms with E-state index in [0.717, 1.165) is 12.1 Å². The minimum absolute atomic E-state index is 0.192. The summed E-state index contributed by atoms with van der Waals surface area (Å²) in [6.45, 7) is 2.12. The molecule has 0 atom stereocenters. The van der Waals surface area contributed by atoms with Gasteiger partial charge in [-0.05, 0) is 36.2 Å². The molecule has 8 heteroatoms. The molecular formula is C19H17N5OS2. The number of nitrogens with one attached hydrogen (secondary N) is 2. The van der Waals surface area contributed by atoms with Crippen molar-refractivity contribution in [1.29, 1.82) is 5.26 Å². The van der Waals surface area contributed by atoms with Crippen molar-refractivity contribution in [3.8, 4) is 6.07 Å². The summed E-state index contributed by atoms with van der Waals surface area (Å²) in [7, 11) is 0. The number of benzene rings is 2. The van der Waals surface area contributed by atoms with Crippen LogP contribution >= 0.6 is 23.1 Å². The Labute approximate surface area is 165 Å². The first-order chi connectivity index (χ1) is 13.2. The molecule has 0 fully saturated rings. The van der Waals surface area contributed by atoms with Crippen molar-refractivity contribution >= 4 is 45.5 Å². The van der Waals surface area contributed by atoms with Gasteiger partial charge in [0.2, 0.25) is 11.0 Å². The van der Waals surface area contributed by atoms with Gasteiger partial charge in [-0.15, -0.1) is 10.2 Å². The molecule has 1 amide bonds. The van der Waals surface area contributed by atoms with Crippen molar-refractivity contribution in [3.05, 3.63) is 59.7 Å². The number of para-hydroxylation sites is 1. The fourth-order valence-electron chi connectivity index (χ4n) is 2.27. The van der Waals surface area contributed by atoms with Gasteiger partial charge in [0.1, 0.15) is 6.07 Å². The Hall–Kier alpha value is -2.89. The average Bonchev–Trinajstić information content (AvgIpc) is 3.15. The fourth-order valence-corrected chi connectivity index (χ4v) is 3.84. The number of hydrogen-bond acceptors (Lipinski definition) is 7. The molecule has 3 aromatic rings. The van der Waals surface area contributed by atoms with Crippen LogP contribution in [-0.4, -0.2) is 21.9 Å². The van der Waals surface area contributed by atoms with Gasteiger partial charge in [-0.25, -0.2) is 0 Å². The van der Waals surface area contributed by atoms with E-state index < -0.39 is 0 Å². The van der Waals surface area contributed by atoms with E-state index in [2.05, 4.69) is 46.0 Å². The van der Waals surface area contributed by atoms with Gasteiger partial charge in [0, 0.05) is 5.69 Å². The third-order valence-electron chi connectivity index (χ3n) is 3.67. The number of aryl methyl sites for hydroxylation is 1. The average molecular weight is 396 g/mol. The highest BCUT2D eigenvalue weighted by Crippen LogP contribution is 2.28. The van der Waals surface area contributed by atoms with E-state index in [1.165, 1.54) is 28.7 Å². The van der Waals surface area contributed by atoms with Crippen LogP contribution in [0.4, 0.5) is 16.5 Å². The van der Waals surface area contributed by atoms with Crippen molar-refractivity contribution in [3.63, 3.8) is 0 Å². The number of rotatable bonds is 7. The van der Waals surface area contributed by atoms with Gasteiger partial charge < -0.3 is 10.6 Å². The van der Waals surface area contributed by atoms with Crippen molar-refractivity contribution < 1.29 is 4.79 Å². The SMILES string of the molecule is CCc1ccc(Nc2nnc(SCC(=O)Nc3ccccc3C#N)s2)cc1. The monoisotopic (exact) mass is 395 g/mol. The van der Waals surface area contributed by atoms with Gasteiger partial charge in [-0.1, -0.05) is 54.3 Å². The van der Waals surface area contributed by atoms with E-state index in [0.29, 0.717) is 20.7 Å². The maximum absolute atomic E-state index is 12.1. The third kappa shape index (κ3) is 5.29. The zero-order valence-corrected chi connectivity index (χ0v) is 16.2. The maximum atomic E-state index is 12.1. The van der Waals surface area contributed by atoms with Crippen molar-refractivity contribution in [2.24, 2.45) is 0 Å². The van der Waals surface area contributed by atoms with Gasteiger partial charge in [0.05, 0.1) is 17.0 Å². The van der Waals surface area contributed by atoms with Crippen LogP contribution in [0.25, 0.3) is 0 Å². The molecule has 136 valence electrons. The van der Waals surface area contributed by atoms with Gasteiger partial charge in [-0.2, -0.15) is 5.26 Å². The lowest BCUT2D eigenvalue weighted by molar-refractivity contribution is -0.113. The molecule has 0 aliphatic carbocycles. The lowest BCUT2D eigenvalue weighted by atomic mass is 10.1. The minimum atomic E-state index is -0.192. The van der Waals surface area contributed by atoms with Gasteiger partial charge in [0.25, 0.3) is 0 Å². The van der Waals surface area contributed by atoms with Crippen LogP contribution in [0.15, 0.2) is 52.9 Å². The summed E-state index contributed by atoms with van der Waals surface area (Å²) in [4.78, 5) is 12.1. The van der Waals surface area contributed by atoms with Crippen LogP contribution in [0.3, 0.4) is 0 Å². The fraction of sp³-hybridized carbons (Fsp3) is 0.158. The van der Waals surface area contributed by atoms with Gasteiger partial charge >= 0.3 is 0 Å². The highest BCUT2D eigenvalue weighted by atomic mass is 32.2. The third-order valence-corrected chi connectivity index (χ3v) is 5.64. The molecule has 0 aliphatic heterocycles. The molecule has 0 spiro atoms. The quantitative estimate of drug-likeness (QED) is 0.575. The number of nitrogens with zero attached hydrogens (tertiary/aromatic N) is 3. The Morgan fingerprint density at radius 2 is 1.96 bits per heavy atom. The Bertz CT molecular complexity index is 963. The second-order valence-corrected chi connectivity index (χ2v) is 7.74. The first kappa shape index (κ1) is 18.9. The normalized spacial score (nSPS) is 10.2. The molecule has 6 nitrogen and oxygen atoms in total. The zero-order valence-electron chi connectivity index (χ0n) is 14.6. The second-order valence-electron chi connectivity index (χ2n) is 5.54. The van der Waals surface area contributed by atoms with Crippen LogP contribution in [0, 0.1) is 11.3 Å². The first-order valence-electron chi connectivity index (χ1n) is 8.29. The van der Waals surface area contributed by atoms with Crippen LogP contribution in [0.2, 0.25) is 0 Å². The summed E-state index contributed by atoms with van der Waals surface area (Å²) < 4.78 is 0.700. The summed E-state index contributed by atoms with van der Waals surface area (Å²) in [6.07, 6.45) is 1.00. The Balaban J connectivity index is 1.53.